The molecular weight excluding hydrogens is 535 g/mol. The van der Waals surface area contributed by atoms with Gasteiger partial charge in [-0.15, -0.1) is 0 Å². The molecule has 11 heteroatoms. The van der Waals surface area contributed by atoms with Gasteiger partial charge >= 0.3 is 6.18 Å². The van der Waals surface area contributed by atoms with Gasteiger partial charge < -0.3 is 20.4 Å². The largest absolute Gasteiger partial charge is 0.408 e. The fourth-order valence-electron chi connectivity index (χ4n) is 5.09. The van der Waals surface area contributed by atoms with E-state index in [1.54, 1.807) is 36.4 Å². The first-order valence-corrected chi connectivity index (χ1v) is 13.6. The van der Waals surface area contributed by atoms with Crippen molar-refractivity contribution in [2.75, 3.05) is 44.7 Å². The Labute approximate surface area is 234 Å². The van der Waals surface area contributed by atoms with Crippen molar-refractivity contribution in [1.82, 2.24) is 20.2 Å². The van der Waals surface area contributed by atoms with Gasteiger partial charge in [0.15, 0.2) is 0 Å². The van der Waals surface area contributed by atoms with Gasteiger partial charge in [0.05, 0.1) is 24.1 Å². The molecular formula is C30H32F3N5O3. The number of fused-ring (bicyclic) bond motifs is 3. The van der Waals surface area contributed by atoms with E-state index in [-0.39, 0.29) is 22.8 Å². The van der Waals surface area contributed by atoms with Gasteiger partial charge in [-0.2, -0.15) is 13.2 Å². The van der Waals surface area contributed by atoms with Gasteiger partial charge in [0.25, 0.3) is 11.5 Å². The second-order valence-corrected chi connectivity index (χ2v) is 10.5. The molecule has 8 nitrogen and oxygen atoms in total. The molecule has 3 N–H and O–H groups in total. The lowest BCUT2D eigenvalue weighted by Crippen LogP contribution is -2.41. The SMILES string of the molecule is CC(C)[C@@H](Nc1nc2cc[nH]c(=O)c2c2cc(-c3ccc(C(=O)NCCN4CCOCC4)cc3)ccc12)C(F)(F)F. The minimum atomic E-state index is -4.48. The van der Waals surface area contributed by atoms with E-state index in [0.29, 0.717) is 41.5 Å². The molecule has 0 radical (unpaired) electrons. The number of ether oxygens (including phenoxy) is 1. The van der Waals surface area contributed by atoms with Crippen molar-refractivity contribution in [3.63, 3.8) is 0 Å². The number of morpholine rings is 1. The van der Waals surface area contributed by atoms with Crippen LogP contribution >= 0.6 is 0 Å². The van der Waals surface area contributed by atoms with Gasteiger partial charge in [0.2, 0.25) is 0 Å². The van der Waals surface area contributed by atoms with Crippen LogP contribution in [0.15, 0.2) is 59.5 Å². The summed E-state index contributed by atoms with van der Waals surface area (Å²) >= 11 is 0. The van der Waals surface area contributed by atoms with E-state index in [2.05, 4.69) is 25.5 Å². The molecule has 1 fully saturated rings. The average Bonchev–Trinajstić information content (AvgIpc) is 2.95. The maximum Gasteiger partial charge on any atom is 0.408 e. The van der Waals surface area contributed by atoms with Crippen molar-refractivity contribution in [3.05, 3.63) is 70.6 Å². The third kappa shape index (κ3) is 6.36. The summed E-state index contributed by atoms with van der Waals surface area (Å²) in [5.74, 6) is -0.854. The molecule has 1 atom stereocenters. The lowest BCUT2D eigenvalue weighted by Gasteiger charge is -2.26. The number of hydrogen-bond donors (Lipinski definition) is 3. The highest BCUT2D eigenvalue weighted by atomic mass is 19.4. The van der Waals surface area contributed by atoms with Crippen molar-refractivity contribution < 1.29 is 22.7 Å². The maximum atomic E-state index is 13.8. The molecule has 0 spiro atoms. The number of nitrogens with zero attached hydrogens (tertiary/aromatic N) is 2. The summed E-state index contributed by atoms with van der Waals surface area (Å²) in [7, 11) is 0. The van der Waals surface area contributed by atoms with E-state index in [4.69, 9.17) is 4.74 Å². The van der Waals surface area contributed by atoms with Gasteiger partial charge in [0.1, 0.15) is 11.9 Å². The Morgan fingerprint density at radius 3 is 2.44 bits per heavy atom. The molecule has 0 aliphatic carbocycles. The molecule has 3 heterocycles. The summed E-state index contributed by atoms with van der Waals surface area (Å²) < 4.78 is 46.7. The molecule has 0 saturated carbocycles. The summed E-state index contributed by atoms with van der Waals surface area (Å²) in [5, 5.41) is 6.71. The zero-order valence-electron chi connectivity index (χ0n) is 22.8. The summed E-state index contributed by atoms with van der Waals surface area (Å²) in [4.78, 5) is 34.7. The Morgan fingerprint density at radius 2 is 1.76 bits per heavy atom. The van der Waals surface area contributed by atoms with Crippen LogP contribution in [0.5, 0.6) is 0 Å². The molecule has 41 heavy (non-hydrogen) atoms. The summed E-state index contributed by atoms with van der Waals surface area (Å²) in [6.45, 7) is 7.38. The molecule has 1 aliphatic rings. The van der Waals surface area contributed by atoms with Crippen molar-refractivity contribution in [1.29, 1.82) is 0 Å². The molecule has 0 bridgehead atoms. The van der Waals surface area contributed by atoms with E-state index < -0.39 is 18.1 Å². The third-order valence-corrected chi connectivity index (χ3v) is 7.32. The highest BCUT2D eigenvalue weighted by molar-refractivity contribution is 6.11. The number of amides is 1. The molecule has 2 aromatic heterocycles. The number of pyridine rings is 2. The van der Waals surface area contributed by atoms with Crippen LogP contribution in [-0.2, 0) is 4.74 Å². The number of H-pyrrole nitrogens is 1. The van der Waals surface area contributed by atoms with E-state index in [1.165, 1.54) is 20.0 Å². The Hall–Kier alpha value is -3.96. The number of aromatic nitrogens is 2. The van der Waals surface area contributed by atoms with Crippen LogP contribution in [0.25, 0.3) is 32.8 Å². The average molecular weight is 568 g/mol. The molecule has 216 valence electrons. The molecule has 5 rings (SSSR count). The van der Waals surface area contributed by atoms with Crippen molar-refractivity contribution >= 4 is 33.4 Å². The number of nitrogens with one attached hydrogen (secondary N) is 3. The molecule has 1 aliphatic heterocycles. The summed E-state index contributed by atoms with van der Waals surface area (Å²) in [5.41, 5.74) is 1.95. The van der Waals surface area contributed by atoms with Gasteiger partial charge in [-0.3, -0.25) is 14.5 Å². The third-order valence-electron chi connectivity index (χ3n) is 7.32. The number of carbonyl (C=O) groups excluding carboxylic acids is 1. The van der Waals surface area contributed by atoms with Crippen molar-refractivity contribution in [2.24, 2.45) is 5.92 Å². The number of alkyl halides is 3. The van der Waals surface area contributed by atoms with Gasteiger partial charge in [-0.1, -0.05) is 38.1 Å². The monoisotopic (exact) mass is 567 g/mol. The molecule has 2 aromatic carbocycles. The molecule has 1 saturated heterocycles. The maximum absolute atomic E-state index is 13.8. The number of hydrogen-bond acceptors (Lipinski definition) is 6. The number of aromatic amines is 1. The van der Waals surface area contributed by atoms with Gasteiger partial charge in [-0.05, 0) is 41.3 Å². The standard InChI is InChI=1S/C30H32F3N5O3/c1-18(2)26(30(31,32)33)37-27-22-8-7-21(17-23(22)25-24(36-27)9-10-34-29(25)40)19-3-5-20(6-4-19)28(39)35-11-12-38-13-15-41-16-14-38/h3-10,17-18,26H,11-16H2,1-2H3,(H,34,40)(H,35,39)(H,36,37)/t26-/m1/s1. The minimum absolute atomic E-state index is 0.0600. The minimum Gasteiger partial charge on any atom is -0.379 e. The molecule has 1 amide bonds. The Morgan fingerprint density at radius 1 is 1.05 bits per heavy atom. The second kappa shape index (κ2) is 11.9. The van der Waals surface area contributed by atoms with E-state index >= 15 is 0 Å². The van der Waals surface area contributed by atoms with Crippen molar-refractivity contribution in [2.45, 2.75) is 26.1 Å². The highest BCUT2D eigenvalue weighted by Crippen LogP contribution is 2.35. The number of benzene rings is 2. The Balaban J connectivity index is 1.43. The summed E-state index contributed by atoms with van der Waals surface area (Å²) in [6.07, 6.45) is -3.06. The fourth-order valence-corrected chi connectivity index (χ4v) is 5.09. The van der Waals surface area contributed by atoms with Crippen molar-refractivity contribution in [3.8, 4) is 11.1 Å². The molecule has 4 aromatic rings. The fraction of sp³-hybridized carbons (Fsp3) is 0.367. The van der Waals surface area contributed by atoms with Gasteiger partial charge in [0, 0.05) is 48.7 Å². The normalized spacial score (nSPS) is 15.4. The van der Waals surface area contributed by atoms with Crippen LogP contribution in [-0.4, -0.2) is 72.4 Å². The first-order chi connectivity index (χ1) is 19.6. The topological polar surface area (TPSA) is 99.3 Å². The quantitative estimate of drug-likeness (QED) is 0.265. The van der Waals surface area contributed by atoms with Crippen LogP contribution < -0.4 is 16.2 Å². The Bertz CT molecular complexity index is 1600. The van der Waals surface area contributed by atoms with E-state index in [0.717, 1.165) is 30.8 Å². The number of anilines is 1. The van der Waals surface area contributed by atoms with Crippen LogP contribution in [0, 0.1) is 5.92 Å². The number of carbonyl (C=O) groups is 1. The number of rotatable bonds is 8. The predicted octanol–water partition coefficient (Wildman–Crippen LogP) is 4.80. The van der Waals surface area contributed by atoms with E-state index in [1.807, 2.05) is 12.1 Å². The molecule has 0 unspecified atom stereocenters. The smallest absolute Gasteiger partial charge is 0.379 e. The zero-order chi connectivity index (χ0) is 29.1. The van der Waals surface area contributed by atoms with Crippen LogP contribution in [0.4, 0.5) is 19.0 Å². The van der Waals surface area contributed by atoms with Crippen LogP contribution in [0.2, 0.25) is 0 Å². The van der Waals surface area contributed by atoms with Crippen LogP contribution in [0.3, 0.4) is 0 Å². The predicted molar refractivity (Wildman–Crippen MR) is 153 cm³/mol. The number of halogens is 3. The van der Waals surface area contributed by atoms with Crippen LogP contribution in [0.1, 0.15) is 24.2 Å². The summed E-state index contributed by atoms with van der Waals surface area (Å²) in [6, 6.07) is 12.0. The van der Waals surface area contributed by atoms with Gasteiger partial charge in [-0.25, -0.2) is 4.98 Å². The highest BCUT2D eigenvalue weighted by Gasteiger charge is 2.42. The first kappa shape index (κ1) is 28.6. The Kier molecular flexibility index (Phi) is 8.27. The lowest BCUT2D eigenvalue weighted by molar-refractivity contribution is -0.150. The zero-order valence-corrected chi connectivity index (χ0v) is 22.8. The lowest BCUT2D eigenvalue weighted by atomic mass is 9.98. The van der Waals surface area contributed by atoms with E-state index in [9.17, 15) is 22.8 Å². The second-order valence-electron chi connectivity index (χ2n) is 10.5. The first-order valence-electron chi connectivity index (χ1n) is 13.6.